The summed E-state index contributed by atoms with van der Waals surface area (Å²) < 4.78 is 13.8. The molecule has 0 aliphatic carbocycles. The van der Waals surface area contributed by atoms with Gasteiger partial charge in [0, 0.05) is 15.6 Å². The van der Waals surface area contributed by atoms with E-state index in [4.69, 9.17) is 0 Å². The Labute approximate surface area is 160 Å². The minimum Gasteiger partial charge on any atom is -0.507 e. The van der Waals surface area contributed by atoms with Crippen LogP contribution in [0.1, 0.15) is 16.1 Å². The molecule has 2 aromatic carbocycles. The summed E-state index contributed by atoms with van der Waals surface area (Å²) in [7, 11) is 0. The molecule has 0 aliphatic heterocycles. The summed E-state index contributed by atoms with van der Waals surface area (Å²) in [5.41, 5.74) is 2.56. The van der Waals surface area contributed by atoms with Gasteiger partial charge in [-0.2, -0.15) is 10.1 Å². The van der Waals surface area contributed by atoms with E-state index < -0.39 is 17.4 Å². The molecule has 0 spiro atoms. The van der Waals surface area contributed by atoms with Crippen molar-refractivity contribution >= 4 is 28.1 Å². The van der Waals surface area contributed by atoms with E-state index in [1.54, 1.807) is 12.1 Å². The van der Waals surface area contributed by atoms with Crippen molar-refractivity contribution in [1.29, 1.82) is 0 Å². The number of nitrogens with one attached hydrogen (secondary N) is 2. The molecule has 27 heavy (non-hydrogen) atoms. The van der Waals surface area contributed by atoms with Crippen LogP contribution >= 0.6 is 15.9 Å². The molecule has 0 bridgehead atoms. The highest BCUT2D eigenvalue weighted by atomic mass is 79.9. The molecular formula is C18H12BrFN4O3. The van der Waals surface area contributed by atoms with Gasteiger partial charge in [0.1, 0.15) is 17.3 Å². The van der Waals surface area contributed by atoms with E-state index in [1.165, 1.54) is 42.6 Å². The number of rotatable bonds is 4. The summed E-state index contributed by atoms with van der Waals surface area (Å²) >= 11 is 3.27. The van der Waals surface area contributed by atoms with Crippen LogP contribution in [-0.2, 0) is 0 Å². The van der Waals surface area contributed by atoms with Crippen LogP contribution in [0, 0.1) is 5.82 Å². The Kier molecular flexibility index (Phi) is 5.41. The van der Waals surface area contributed by atoms with E-state index in [-0.39, 0.29) is 17.1 Å². The average molecular weight is 431 g/mol. The first-order valence-electron chi connectivity index (χ1n) is 7.61. The molecule has 1 aromatic heterocycles. The number of benzene rings is 2. The average Bonchev–Trinajstić information content (AvgIpc) is 2.64. The zero-order chi connectivity index (χ0) is 19.4. The molecule has 0 fully saturated rings. The van der Waals surface area contributed by atoms with Crippen LogP contribution in [0.15, 0.2) is 62.9 Å². The van der Waals surface area contributed by atoms with Crippen molar-refractivity contribution in [3.05, 3.63) is 80.6 Å². The second-order valence-electron chi connectivity index (χ2n) is 5.39. The van der Waals surface area contributed by atoms with Gasteiger partial charge in [-0.05, 0) is 48.5 Å². The van der Waals surface area contributed by atoms with Crippen molar-refractivity contribution < 1.29 is 14.3 Å². The molecule has 3 N–H and O–H groups in total. The number of aromatic amines is 1. The molecule has 1 heterocycles. The molecule has 3 rings (SSSR count). The van der Waals surface area contributed by atoms with Crippen LogP contribution in [0.3, 0.4) is 0 Å². The van der Waals surface area contributed by atoms with Gasteiger partial charge in [0.05, 0.1) is 11.9 Å². The molecule has 0 radical (unpaired) electrons. The minimum absolute atomic E-state index is 0.00730. The zero-order valence-electron chi connectivity index (χ0n) is 13.6. The van der Waals surface area contributed by atoms with Crippen LogP contribution in [0.4, 0.5) is 4.39 Å². The monoisotopic (exact) mass is 430 g/mol. The zero-order valence-corrected chi connectivity index (χ0v) is 15.2. The van der Waals surface area contributed by atoms with Gasteiger partial charge in [0.15, 0.2) is 0 Å². The number of aromatic hydroxyl groups is 1. The lowest BCUT2D eigenvalue weighted by Gasteiger charge is -2.04. The number of amides is 1. The summed E-state index contributed by atoms with van der Waals surface area (Å²) in [4.78, 5) is 30.0. The Balaban J connectivity index is 1.80. The van der Waals surface area contributed by atoms with Crippen LogP contribution in [0.2, 0.25) is 0 Å². The lowest BCUT2D eigenvalue weighted by molar-refractivity contribution is 0.0949. The Morgan fingerprint density at radius 1 is 1.22 bits per heavy atom. The fourth-order valence-corrected chi connectivity index (χ4v) is 2.58. The number of carbonyl (C=O) groups is 1. The number of carbonyl (C=O) groups excluding carboxylic acids is 1. The quantitative estimate of drug-likeness (QED) is 0.436. The van der Waals surface area contributed by atoms with Gasteiger partial charge in [-0.3, -0.25) is 4.79 Å². The molecular weight excluding hydrogens is 419 g/mol. The number of H-pyrrole nitrogens is 1. The number of phenolic OH excluding ortho intramolecular Hbond substituents is 1. The summed E-state index contributed by atoms with van der Waals surface area (Å²) in [5, 5.41) is 13.5. The molecule has 136 valence electrons. The largest absolute Gasteiger partial charge is 0.507 e. The van der Waals surface area contributed by atoms with Crippen molar-refractivity contribution in [1.82, 2.24) is 15.4 Å². The SMILES string of the molecule is O=C(N/N=C/c1cc(Br)ccc1O)c1cc(-c2ccc(F)cc2)nc(=O)[nH]1. The highest BCUT2D eigenvalue weighted by molar-refractivity contribution is 9.10. The molecule has 0 saturated carbocycles. The van der Waals surface area contributed by atoms with Gasteiger partial charge in [-0.15, -0.1) is 0 Å². The smallest absolute Gasteiger partial charge is 0.346 e. The lowest BCUT2D eigenvalue weighted by Crippen LogP contribution is -2.24. The number of aromatic nitrogens is 2. The van der Waals surface area contributed by atoms with Crippen molar-refractivity contribution in [2.24, 2.45) is 5.10 Å². The van der Waals surface area contributed by atoms with Crippen LogP contribution < -0.4 is 11.1 Å². The normalized spacial score (nSPS) is 10.9. The fraction of sp³-hybridized carbons (Fsp3) is 0. The van der Waals surface area contributed by atoms with E-state index in [0.29, 0.717) is 11.1 Å². The first kappa shape index (κ1) is 18.5. The third-order valence-electron chi connectivity index (χ3n) is 3.49. The fourth-order valence-electron chi connectivity index (χ4n) is 2.20. The predicted molar refractivity (Wildman–Crippen MR) is 101 cm³/mol. The number of nitrogens with zero attached hydrogens (tertiary/aromatic N) is 2. The second-order valence-corrected chi connectivity index (χ2v) is 6.31. The van der Waals surface area contributed by atoms with Gasteiger partial charge in [0.25, 0.3) is 5.91 Å². The first-order valence-corrected chi connectivity index (χ1v) is 8.41. The second kappa shape index (κ2) is 7.92. The van der Waals surface area contributed by atoms with Crippen LogP contribution in [0.25, 0.3) is 11.3 Å². The molecule has 3 aromatic rings. The summed E-state index contributed by atoms with van der Waals surface area (Å²) in [5.74, 6) is -1.11. The standard InChI is InChI=1S/C18H12BrFN4O3/c19-12-3-6-16(25)11(7-12)9-21-24-17(26)15-8-14(22-18(27)23-15)10-1-4-13(20)5-2-10/h1-9,25H,(H,24,26)(H,22,23,27)/b21-9+. The van der Waals surface area contributed by atoms with Gasteiger partial charge in [-0.1, -0.05) is 15.9 Å². The van der Waals surface area contributed by atoms with E-state index in [2.05, 4.69) is 36.4 Å². The van der Waals surface area contributed by atoms with E-state index in [1.807, 2.05) is 0 Å². The maximum absolute atomic E-state index is 13.0. The maximum Gasteiger partial charge on any atom is 0.346 e. The van der Waals surface area contributed by atoms with Gasteiger partial charge >= 0.3 is 5.69 Å². The Morgan fingerprint density at radius 3 is 2.70 bits per heavy atom. The van der Waals surface area contributed by atoms with Crippen molar-refractivity contribution in [3.63, 3.8) is 0 Å². The van der Waals surface area contributed by atoms with Crippen LogP contribution in [0.5, 0.6) is 5.75 Å². The van der Waals surface area contributed by atoms with Crippen molar-refractivity contribution in [3.8, 4) is 17.0 Å². The Bertz CT molecular complexity index is 1080. The molecule has 0 unspecified atom stereocenters. The first-order chi connectivity index (χ1) is 12.9. The topological polar surface area (TPSA) is 107 Å². The molecule has 0 aliphatic rings. The van der Waals surface area contributed by atoms with Gasteiger partial charge in [0.2, 0.25) is 0 Å². The molecule has 7 nitrogen and oxygen atoms in total. The number of phenols is 1. The van der Waals surface area contributed by atoms with Gasteiger partial charge < -0.3 is 10.1 Å². The molecule has 0 atom stereocenters. The highest BCUT2D eigenvalue weighted by Crippen LogP contribution is 2.20. The predicted octanol–water partition coefficient (Wildman–Crippen LogP) is 2.81. The maximum atomic E-state index is 13.0. The number of hydrogen-bond donors (Lipinski definition) is 3. The van der Waals surface area contributed by atoms with E-state index in [0.717, 1.165) is 4.47 Å². The number of hydrazone groups is 1. The van der Waals surface area contributed by atoms with Crippen molar-refractivity contribution in [2.75, 3.05) is 0 Å². The minimum atomic E-state index is -0.726. The Hall–Kier alpha value is -3.33. The third-order valence-corrected chi connectivity index (χ3v) is 3.98. The molecule has 0 saturated heterocycles. The third kappa shape index (κ3) is 4.64. The van der Waals surface area contributed by atoms with E-state index in [9.17, 15) is 19.1 Å². The molecule has 1 amide bonds. The summed E-state index contributed by atoms with van der Waals surface area (Å²) in [6.45, 7) is 0. The van der Waals surface area contributed by atoms with Crippen molar-refractivity contribution in [2.45, 2.75) is 0 Å². The summed E-state index contributed by atoms with van der Waals surface area (Å²) in [6.07, 6.45) is 1.26. The highest BCUT2D eigenvalue weighted by Gasteiger charge is 2.10. The number of halogens is 2. The van der Waals surface area contributed by atoms with Gasteiger partial charge in [-0.25, -0.2) is 14.6 Å². The Morgan fingerprint density at radius 2 is 1.96 bits per heavy atom. The molecule has 9 heteroatoms. The van der Waals surface area contributed by atoms with Crippen LogP contribution in [-0.4, -0.2) is 27.2 Å². The summed E-state index contributed by atoms with van der Waals surface area (Å²) in [6, 6.07) is 11.5. The number of hydrogen-bond acceptors (Lipinski definition) is 5. The lowest BCUT2D eigenvalue weighted by atomic mass is 10.1. The van der Waals surface area contributed by atoms with E-state index >= 15 is 0 Å².